The molecule has 1 saturated heterocycles. The number of Topliss-reactive ketones (excluding diaryl/α,β-unsaturated/α-hetero) is 1. The van der Waals surface area contributed by atoms with Crippen LogP contribution < -0.4 is 10.1 Å². The number of nitrogens with one attached hydrogen (secondary N) is 1. The Bertz CT molecular complexity index is 2050. The van der Waals surface area contributed by atoms with E-state index in [4.69, 9.17) is 18.9 Å². The lowest BCUT2D eigenvalue weighted by Crippen LogP contribution is -2.46. The van der Waals surface area contributed by atoms with Gasteiger partial charge in [0, 0.05) is 74.2 Å². The summed E-state index contributed by atoms with van der Waals surface area (Å²) < 4.78 is 23.6. The van der Waals surface area contributed by atoms with Gasteiger partial charge in [0.15, 0.2) is 5.75 Å². The number of amides is 1. The van der Waals surface area contributed by atoms with Gasteiger partial charge in [-0.1, -0.05) is 58.8 Å². The van der Waals surface area contributed by atoms with E-state index in [0.717, 1.165) is 25.7 Å². The molecule has 0 aromatic heterocycles. The fraction of sp³-hybridized carbons (Fsp3) is 0.545. The molecule has 5 bridgehead atoms. The van der Waals surface area contributed by atoms with Crippen molar-refractivity contribution in [1.29, 1.82) is 0 Å². The third kappa shape index (κ3) is 9.07. The number of allylic oxidation sites excluding steroid dienone is 2. The number of fused-ring (bicyclic) bond motifs is 14. The van der Waals surface area contributed by atoms with Gasteiger partial charge in [-0.05, 0) is 32.8 Å². The zero-order valence-electron chi connectivity index (χ0n) is 35.3. The van der Waals surface area contributed by atoms with E-state index in [1.807, 2.05) is 5.01 Å². The molecule has 0 spiro atoms. The molecule has 15 nitrogen and oxygen atoms in total. The standard InChI is InChI=1S/C44H59N3O12/c1-22-15-14-16-23(2)43(55)46-34-29(21-45-47-18-12-10-11-13-19-47)38(52)31-32(39(34)53)37(51)27(6)41-33(31)42(54)44(8,59-41)57-20-17-30(56-9)24(3)40(58-28(7)48)26(5)36(50)25(4)35(22)49/h14-17,20-22,24-26,30,35-36,40,49-53H,10-13,18-19H2,1-9H3,(H,46,55)/b15-14+,20-17+,23-16+,45-21?. The van der Waals surface area contributed by atoms with Gasteiger partial charge in [-0.2, -0.15) is 5.10 Å². The second-order valence-electron chi connectivity index (χ2n) is 16.2. The van der Waals surface area contributed by atoms with Crippen LogP contribution >= 0.6 is 0 Å². The molecule has 6 rings (SSSR count). The first-order valence-electron chi connectivity index (χ1n) is 20.2. The topological polar surface area (TPSA) is 217 Å². The first-order chi connectivity index (χ1) is 27.8. The number of aliphatic hydroxyl groups excluding tert-OH is 2. The van der Waals surface area contributed by atoms with E-state index in [-0.39, 0.29) is 44.5 Å². The zero-order valence-corrected chi connectivity index (χ0v) is 35.3. The summed E-state index contributed by atoms with van der Waals surface area (Å²) in [6.07, 6.45) is 8.81. The second kappa shape index (κ2) is 18.4. The van der Waals surface area contributed by atoms with Crippen LogP contribution in [0.2, 0.25) is 0 Å². The van der Waals surface area contributed by atoms with Gasteiger partial charge in [-0.15, -0.1) is 0 Å². The fourth-order valence-electron chi connectivity index (χ4n) is 8.18. The number of anilines is 1. The van der Waals surface area contributed by atoms with Gasteiger partial charge in [0.2, 0.25) is 0 Å². The summed E-state index contributed by atoms with van der Waals surface area (Å²) in [5.41, 5.74) is -0.293. The number of phenolic OH excluding ortho intramolecular Hbond substituents is 3. The van der Waals surface area contributed by atoms with Crippen molar-refractivity contribution in [2.45, 2.75) is 111 Å². The number of ketones is 1. The Labute approximate surface area is 345 Å². The smallest absolute Gasteiger partial charge is 0.312 e. The number of nitrogens with zero attached hydrogens (tertiary/aromatic N) is 2. The molecule has 9 atom stereocenters. The second-order valence-corrected chi connectivity index (χ2v) is 16.2. The Hall–Kier alpha value is -5.12. The van der Waals surface area contributed by atoms with Gasteiger partial charge >= 0.3 is 11.8 Å². The lowest BCUT2D eigenvalue weighted by molar-refractivity contribution is -0.160. The molecule has 1 fully saturated rings. The maximum atomic E-state index is 14.4. The average Bonchev–Trinajstić information content (AvgIpc) is 3.33. The summed E-state index contributed by atoms with van der Waals surface area (Å²) in [7, 11) is 1.44. The van der Waals surface area contributed by atoms with Gasteiger partial charge in [0.05, 0.1) is 53.0 Å². The number of hydrogen-bond acceptors (Lipinski definition) is 14. The Morgan fingerprint density at radius 2 is 1.59 bits per heavy atom. The quantitative estimate of drug-likeness (QED) is 0.0909. The van der Waals surface area contributed by atoms with E-state index in [0.29, 0.717) is 13.1 Å². The molecular formula is C44H59N3O12. The molecule has 4 heterocycles. The third-order valence-electron chi connectivity index (χ3n) is 12.0. The number of benzene rings is 2. The highest BCUT2D eigenvalue weighted by Crippen LogP contribution is 2.55. The van der Waals surface area contributed by atoms with Crippen LogP contribution in [0.1, 0.15) is 95.6 Å². The Morgan fingerprint density at radius 3 is 2.22 bits per heavy atom. The van der Waals surface area contributed by atoms with Gasteiger partial charge in [0.1, 0.15) is 23.4 Å². The van der Waals surface area contributed by atoms with Gasteiger partial charge < -0.3 is 49.8 Å². The number of rotatable bonds is 4. The number of aliphatic hydroxyl groups is 2. The largest absolute Gasteiger partial charge is 0.507 e. The Morgan fingerprint density at radius 1 is 0.932 bits per heavy atom. The molecule has 15 heteroatoms. The monoisotopic (exact) mass is 821 g/mol. The van der Waals surface area contributed by atoms with Crippen molar-refractivity contribution in [2.24, 2.45) is 28.8 Å². The predicted octanol–water partition coefficient (Wildman–Crippen LogP) is 5.96. The van der Waals surface area contributed by atoms with Crippen molar-refractivity contribution in [3.8, 4) is 23.0 Å². The summed E-state index contributed by atoms with van der Waals surface area (Å²) in [5, 5.41) is 67.1. The van der Waals surface area contributed by atoms with Crippen LogP contribution in [0.25, 0.3) is 10.8 Å². The molecule has 2 aromatic rings. The molecule has 2 aromatic carbocycles. The molecule has 322 valence electrons. The number of hydrazone groups is 1. The van der Waals surface area contributed by atoms with E-state index in [1.54, 1.807) is 39.8 Å². The first-order valence-corrected chi connectivity index (χ1v) is 20.2. The van der Waals surface area contributed by atoms with Crippen molar-refractivity contribution in [3.63, 3.8) is 0 Å². The van der Waals surface area contributed by atoms with Gasteiger partial charge in [0.25, 0.3) is 11.7 Å². The van der Waals surface area contributed by atoms with Crippen molar-refractivity contribution >= 4 is 40.3 Å². The Kier molecular flexibility index (Phi) is 14.0. The van der Waals surface area contributed by atoms with E-state index in [1.165, 1.54) is 59.4 Å². The summed E-state index contributed by atoms with van der Waals surface area (Å²) in [6, 6.07) is 0. The van der Waals surface area contributed by atoms with Crippen LogP contribution in [-0.4, -0.2) is 105 Å². The van der Waals surface area contributed by atoms with Crippen LogP contribution in [0.5, 0.6) is 23.0 Å². The summed E-state index contributed by atoms with van der Waals surface area (Å²) in [5.74, 6) is -8.26. The van der Waals surface area contributed by atoms with Gasteiger partial charge in [-0.25, -0.2) is 0 Å². The van der Waals surface area contributed by atoms with Crippen LogP contribution in [0, 0.1) is 30.6 Å². The maximum Gasteiger partial charge on any atom is 0.312 e. The summed E-state index contributed by atoms with van der Waals surface area (Å²) in [6.45, 7) is 13.9. The normalized spacial score (nSPS) is 31.9. The molecule has 6 N–H and O–H groups in total. The minimum atomic E-state index is -2.04. The van der Waals surface area contributed by atoms with Crippen molar-refractivity contribution in [3.05, 3.63) is 52.8 Å². The predicted molar refractivity (Wildman–Crippen MR) is 221 cm³/mol. The highest BCUT2D eigenvalue weighted by atomic mass is 16.7. The minimum Gasteiger partial charge on any atom is -0.507 e. The highest BCUT2D eigenvalue weighted by Gasteiger charge is 2.50. The summed E-state index contributed by atoms with van der Waals surface area (Å²) in [4.78, 5) is 40.5. The number of carbonyl (C=O) groups is 3. The van der Waals surface area contributed by atoms with E-state index >= 15 is 0 Å². The molecule has 4 aliphatic heterocycles. The number of esters is 1. The number of methoxy groups -OCH3 is 1. The first kappa shape index (κ1) is 45.0. The van der Waals surface area contributed by atoms with Crippen molar-refractivity contribution in [1.82, 2.24) is 5.01 Å². The number of carbonyl (C=O) groups excluding carboxylic acids is 3. The van der Waals surface area contributed by atoms with E-state index in [9.17, 15) is 39.9 Å². The fourth-order valence-corrected chi connectivity index (χ4v) is 8.18. The molecule has 0 radical (unpaired) electrons. The lowest BCUT2D eigenvalue weighted by Gasteiger charge is -2.38. The van der Waals surface area contributed by atoms with Gasteiger partial charge in [-0.3, -0.25) is 19.4 Å². The highest BCUT2D eigenvalue weighted by molar-refractivity contribution is 6.23. The zero-order chi connectivity index (χ0) is 43.5. The van der Waals surface area contributed by atoms with Crippen LogP contribution in [0.3, 0.4) is 0 Å². The van der Waals surface area contributed by atoms with Crippen LogP contribution in [-0.2, 0) is 23.8 Å². The van der Waals surface area contributed by atoms with Crippen LogP contribution in [0.4, 0.5) is 5.69 Å². The number of aromatic hydroxyl groups is 3. The molecule has 59 heavy (non-hydrogen) atoms. The van der Waals surface area contributed by atoms with Crippen molar-refractivity contribution in [2.75, 3.05) is 25.5 Å². The maximum absolute atomic E-state index is 14.4. The molecule has 0 aliphatic carbocycles. The van der Waals surface area contributed by atoms with Crippen LogP contribution in [0.15, 0.2) is 41.2 Å². The molecule has 1 amide bonds. The number of hydrogen-bond donors (Lipinski definition) is 6. The summed E-state index contributed by atoms with van der Waals surface area (Å²) >= 11 is 0. The molecular weight excluding hydrogens is 762 g/mol. The molecule has 4 aliphatic rings. The lowest BCUT2D eigenvalue weighted by atomic mass is 9.78. The number of phenols is 3. The average molecular weight is 822 g/mol. The van der Waals surface area contributed by atoms with E-state index < -0.39 is 88.8 Å². The molecule has 0 saturated carbocycles. The minimum absolute atomic E-state index is 0.0625. The SMILES string of the molecule is COC1/C=C/OC2(C)Oc3c(C)c(O)c4c(O)c(c(C=NN5CCCCCC5)c(O)c4c3C2=O)NC(=O)/C(C)=C/C=C/C(C)C(O)C(C)C(O)C(C)C(OC(C)=O)C1C. The van der Waals surface area contributed by atoms with Crippen molar-refractivity contribution < 1.29 is 58.9 Å². The van der Waals surface area contributed by atoms with E-state index in [2.05, 4.69) is 10.4 Å². The third-order valence-corrected chi connectivity index (χ3v) is 12.0. The molecule has 9 unspecified atom stereocenters. The number of ether oxygens (including phenoxy) is 4. The Balaban J connectivity index is 1.71.